The molecule has 1 aromatic heterocycles. The smallest absolute Gasteiger partial charge is 0.416 e. The van der Waals surface area contributed by atoms with Crippen LogP contribution in [0.1, 0.15) is 56.7 Å². The molecule has 7 nitrogen and oxygen atoms in total. The van der Waals surface area contributed by atoms with Crippen molar-refractivity contribution in [2.75, 3.05) is 13.1 Å². The third-order valence-electron chi connectivity index (χ3n) is 5.40. The van der Waals surface area contributed by atoms with E-state index in [9.17, 15) is 22.8 Å². The van der Waals surface area contributed by atoms with Gasteiger partial charge in [0.2, 0.25) is 0 Å². The Kier molecular flexibility index (Phi) is 8.27. The van der Waals surface area contributed by atoms with Crippen LogP contribution < -0.4 is 10.6 Å². The van der Waals surface area contributed by atoms with Gasteiger partial charge in [-0.1, -0.05) is 25.1 Å². The van der Waals surface area contributed by atoms with Gasteiger partial charge in [0.1, 0.15) is 5.60 Å². The van der Waals surface area contributed by atoms with E-state index in [1.165, 1.54) is 12.1 Å². The van der Waals surface area contributed by atoms with Crippen molar-refractivity contribution in [2.45, 2.75) is 52.3 Å². The van der Waals surface area contributed by atoms with E-state index in [0.29, 0.717) is 35.2 Å². The van der Waals surface area contributed by atoms with Crippen molar-refractivity contribution in [1.29, 1.82) is 0 Å². The second-order valence-corrected chi connectivity index (χ2v) is 9.78. The van der Waals surface area contributed by atoms with Gasteiger partial charge in [-0.2, -0.15) is 13.2 Å². The number of aromatic amines is 1. The van der Waals surface area contributed by atoms with E-state index < -0.39 is 23.4 Å². The zero-order chi connectivity index (χ0) is 26.5. The third-order valence-corrected chi connectivity index (χ3v) is 5.40. The normalized spacial score (nSPS) is 12.9. The Balaban J connectivity index is 1.51. The van der Waals surface area contributed by atoms with E-state index in [-0.39, 0.29) is 17.6 Å². The fourth-order valence-corrected chi connectivity index (χ4v) is 3.56. The number of hydrogen-bond donors (Lipinski definition) is 3. The third kappa shape index (κ3) is 7.73. The number of fused-ring (bicyclic) bond motifs is 1. The summed E-state index contributed by atoms with van der Waals surface area (Å²) in [7, 11) is 0. The molecule has 0 aliphatic rings. The summed E-state index contributed by atoms with van der Waals surface area (Å²) in [6.07, 6.45) is -3.29. The first-order valence-electron chi connectivity index (χ1n) is 11.7. The maximum absolute atomic E-state index is 12.8. The maximum Gasteiger partial charge on any atom is 0.416 e. The summed E-state index contributed by atoms with van der Waals surface area (Å²) in [5.41, 5.74) is 1.28. The lowest BCUT2D eigenvalue weighted by Crippen LogP contribution is -2.33. The second kappa shape index (κ2) is 11.0. The van der Waals surface area contributed by atoms with Crippen LogP contribution >= 0.6 is 0 Å². The van der Waals surface area contributed by atoms with Crippen LogP contribution in [-0.4, -0.2) is 40.7 Å². The number of H-pyrrole nitrogens is 1. The SMILES string of the molecule is C[C@@H](CCCNC(=O)OC(C)(C)C)CNC(=O)c1nc2ccc(-c3ccc(C(F)(F)F)cc3)cc2[nH]1. The van der Waals surface area contributed by atoms with Crippen molar-refractivity contribution in [3.05, 3.63) is 53.9 Å². The highest BCUT2D eigenvalue weighted by molar-refractivity contribution is 5.94. The van der Waals surface area contributed by atoms with E-state index in [4.69, 9.17) is 4.74 Å². The van der Waals surface area contributed by atoms with E-state index in [1.807, 2.05) is 6.92 Å². The van der Waals surface area contributed by atoms with Crippen molar-refractivity contribution in [2.24, 2.45) is 5.92 Å². The van der Waals surface area contributed by atoms with Gasteiger partial charge < -0.3 is 20.4 Å². The van der Waals surface area contributed by atoms with Gasteiger partial charge in [0.05, 0.1) is 16.6 Å². The highest BCUT2D eigenvalue weighted by Crippen LogP contribution is 2.31. The summed E-state index contributed by atoms with van der Waals surface area (Å²) in [5, 5.41) is 5.57. The summed E-state index contributed by atoms with van der Waals surface area (Å²) in [6.45, 7) is 8.34. The Hall–Kier alpha value is -3.56. The first-order chi connectivity index (χ1) is 16.8. The standard InChI is InChI=1S/C26H31F3N4O3/c1-16(6-5-13-30-24(35)36-25(2,3)4)15-31-23(34)22-32-20-12-9-18(14-21(20)33-22)17-7-10-19(11-8-17)26(27,28)29/h7-12,14,16H,5-6,13,15H2,1-4H3,(H,30,35)(H,31,34)(H,32,33)/t16-/m0/s1. The number of imidazole rings is 1. The van der Waals surface area contributed by atoms with E-state index in [1.54, 1.807) is 39.0 Å². The fraction of sp³-hybridized carbons (Fsp3) is 0.423. The molecule has 10 heteroatoms. The van der Waals surface area contributed by atoms with Gasteiger partial charge in [-0.3, -0.25) is 4.79 Å². The largest absolute Gasteiger partial charge is 0.444 e. The number of nitrogens with one attached hydrogen (secondary N) is 3. The molecule has 36 heavy (non-hydrogen) atoms. The lowest BCUT2D eigenvalue weighted by atomic mass is 10.0. The number of hydrogen-bond acceptors (Lipinski definition) is 4. The lowest BCUT2D eigenvalue weighted by molar-refractivity contribution is -0.137. The van der Waals surface area contributed by atoms with Gasteiger partial charge in [0.25, 0.3) is 5.91 Å². The van der Waals surface area contributed by atoms with Crippen molar-refractivity contribution in [1.82, 2.24) is 20.6 Å². The number of alkyl halides is 3. The van der Waals surface area contributed by atoms with Gasteiger partial charge in [0, 0.05) is 13.1 Å². The number of benzene rings is 2. The minimum absolute atomic E-state index is 0.161. The predicted octanol–water partition coefficient (Wildman–Crippen LogP) is 5.92. The molecule has 3 aromatic rings. The molecule has 0 bridgehead atoms. The molecule has 0 aliphatic heterocycles. The number of nitrogens with zero attached hydrogens (tertiary/aromatic N) is 1. The van der Waals surface area contributed by atoms with Crippen LogP contribution in [0.2, 0.25) is 0 Å². The van der Waals surface area contributed by atoms with Crippen LogP contribution in [0, 0.1) is 5.92 Å². The van der Waals surface area contributed by atoms with Crippen molar-refractivity contribution in [3.8, 4) is 11.1 Å². The molecular weight excluding hydrogens is 473 g/mol. The molecule has 0 spiro atoms. The average Bonchev–Trinajstić information content (AvgIpc) is 3.22. The number of carbonyl (C=O) groups excluding carboxylic acids is 2. The molecule has 2 amide bonds. The summed E-state index contributed by atoms with van der Waals surface area (Å²) in [4.78, 5) is 31.5. The quantitative estimate of drug-likeness (QED) is 0.332. The summed E-state index contributed by atoms with van der Waals surface area (Å²) in [6, 6.07) is 10.1. The molecule has 0 saturated heterocycles. The van der Waals surface area contributed by atoms with Crippen molar-refractivity contribution in [3.63, 3.8) is 0 Å². The highest BCUT2D eigenvalue weighted by Gasteiger charge is 2.30. The predicted molar refractivity (Wildman–Crippen MR) is 131 cm³/mol. The number of alkyl carbamates (subject to hydrolysis) is 1. The van der Waals surface area contributed by atoms with Crippen molar-refractivity contribution >= 4 is 23.0 Å². The Bertz CT molecular complexity index is 1200. The molecule has 1 atom stereocenters. The molecule has 0 aliphatic carbocycles. The van der Waals surface area contributed by atoms with Gasteiger partial charge in [-0.25, -0.2) is 9.78 Å². The molecule has 194 valence electrons. The van der Waals surface area contributed by atoms with Crippen LogP contribution in [0.4, 0.5) is 18.0 Å². The van der Waals surface area contributed by atoms with Gasteiger partial charge in [-0.15, -0.1) is 0 Å². The second-order valence-electron chi connectivity index (χ2n) is 9.78. The van der Waals surface area contributed by atoms with E-state index in [2.05, 4.69) is 20.6 Å². The first-order valence-corrected chi connectivity index (χ1v) is 11.7. The Labute approximate surface area is 207 Å². The Morgan fingerprint density at radius 1 is 1.03 bits per heavy atom. The molecule has 0 unspecified atom stereocenters. The van der Waals surface area contributed by atoms with Gasteiger partial charge in [0.15, 0.2) is 5.82 Å². The molecular formula is C26H31F3N4O3. The number of ether oxygens (including phenoxy) is 1. The molecule has 2 aromatic carbocycles. The van der Waals surface area contributed by atoms with E-state index >= 15 is 0 Å². The molecule has 0 radical (unpaired) electrons. The van der Waals surface area contributed by atoms with Gasteiger partial charge in [-0.05, 0) is 74.9 Å². The van der Waals surface area contributed by atoms with E-state index in [0.717, 1.165) is 25.0 Å². The summed E-state index contributed by atoms with van der Waals surface area (Å²) in [5.74, 6) is -0.000547. The van der Waals surface area contributed by atoms with Crippen LogP contribution in [0.25, 0.3) is 22.2 Å². The summed E-state index contributed by atoms with van der Waals surface area (Å²) >= 11 is 0. The van der Waals surface area contributed by atoms with Crippen LogP contribution in [-0.2, 0) is 10.9 Å². The Morgan fingerprint density at radius 2 is 1.69 bits per heavy atom. The van der Waals surface area contributed by atoms with Crippen molar-refractivity contribution < 1.29 is 27.5 Å². The highest BCUT2D eigenvalue weighted by atomic mass is 19.4. The monoisotopic (exact) mass is 504 g/mol. The number of rotatable bonds is 8. The molecule has 0 saturated carbocycles. The first kappa shape index (κ1) is 27.0. The van der Waals surface area contributed by atoms with Crippen LogP contribution in [0.5, 0.6) is 0 Å². The number of aromatic nitrogens is 2. The molecule has 3 N–H and O–H groups in total. The molecule has 1 heterocycles. The number of halogens is 3. The zero-order valence-electron chi connectivity index (χ0n) is 20.8. The summed E-state index contributed by atoms with van der Waals surface area (Å²) < 4.78 is 43.6. The number of amides is 2. The van der Waals surface area contributed by atoms with Crippen LogP contribution in [0.15, 0.2) is 42.5 Å². The number of carbonyl (C=O) groups is 2. The molecule has 0 fully saturated rings. The van der Waals surface area contributed by atoms with Gasteiger partial charge >= 0.3 is 12.3 Å². The zero-order valence-corrected chi connectivity index (χ0v) is 20.8. The van der Waals surface area contributed by atoms with Crippen LogP contribution in [0.3, 0.4) is 0 Å². The Morgan fingerprint density at radius 3 is 2.33 bits per heavy atom. The fourth-order valence-electron chi connectivity index (χ4n) is 3.56. The lowest BCUT2D eigenvalue weighted by Gasteiger charge is -2.19. The molecule has 3 rings (SSSR count). The maximum atomic E-state index is 12.8. The average molecular weight is 505 g/mol. The topological polar surface area (TPSA) is 96.1 Å². The minimum atomic E-state index is -4.39. The minimum Gasteiger partial charge on any atom is -0.444 e.